The van der Waals surface area contributed by atoms with E-state index in [1.165, 1.54) is 0 Å². The predicted molar refractivity (Wildman–Crippen MR) is 96.9 cm³/mol. The molecule has 1 unspecified atom stereocenters. The van der Waals surface area contributed by atoms with Crippen LogP contribution in [-0.4, -0.2) is 53.1 Å². The molecule has 2 aromatic heterocycles. The van der Waals surface area contributed by atoms with E-state index < -0.39 is 0 Å². The summed E-state index contributed by atoms with van der Waals surface area (Å²) in [6.07, 6.45) is 4.70. The molecule has 0 radical (unpaired) electrons. The molecule has 1 saturated heterocycles. The van der Waals surface area contributed by atoms with E-state index >= 15 is 0 Å². The Hall–Kier alpha value is -1.99. The van der Waals surface area contributed by atoms with Crippen molar-refractivity contribution in [1.29, 1.82) is 0 Å². The van der Waals surface area contributed by atoms with Crippen molar-refractivity contribution < 1.29 is 9.53 Å². The maximum Gasteiger partial charge on any atom is 0.227 e. The van der Waals surface area contributed by atoms with Gasteiger partial charge in [-0.1, -0.05) is 6.07 Å². The molecule has 6 nitrogen and oxygen atoms in total. The second-order valence-corrected chi connectivity index (χ2v) is 7.52. The first kappa shape index (κ1) is 16.5. The molecule has 4 heterocycles. The highest BCUT2D eigenvalue weighted by molar-refractivity contribution is 7.10. The van der Waals surface area contributed by atoms with E-state index in [4.69, 9.17) is 4.74 Å². The highest BCUT2D eigenvalue weighted by Crippen LogP contribution is 2.23. The van der Waals surface area contributed by atoms with E-state index in [1.54, 1.807) is 17.7 Å². The van der Waals surface area contributed by atoms with Crippen LogP contribution in [0.15, 0.2) is 23.8 Å². The Balaban J connectivity index is 1.45. The van der Waals surface area contributed by atoms with E-state index in [-0.39, 0.29) is 5.91 Å². The van der Waals surface area contributed by atoms with Gasteiger partial charge in [-0.25, -0.2) is 9.97 Å². The van der Waals surface area contributed by atoms with E-state index in [1.807, 2.05) is 22.4 Å². The van der Waals surface area contributed by atoms with Crippen LogP contribution in [0.5, 0.6) is 0 Å². The first-order valence-electron chi connectivity index (χ1n) is 8.77. The Bertz CT molecular complexity index is 729. The van der Waals surface area contributed by atoms with Gasteiger partial charge in [0.05, 0.1) is 24.8 Å². The highest BCUT2D eigenvalue weighted by Gasteiger charge is 2.24. The summed E-state index contributed by atoms with van der Waals surface area (Å²) in [7, 11) is 0. The van der Waals surface area contributed by atoms with Crippen LogP contribution in [0.2, 0.25) is 0 Å². The van der Waals surface area contributed by atoms with Gasteiger partial charge in [-0.2, -0.15) is 0 Å². The molecule has 1 atom stereocenters. The van der Waals surface area contributed by atoms with Gasteiger partial charge in [0.1, 0.15) is 12.1 Å². The smallest absolute Gasteiger partial charge is 0.227 e. The summed E-state index contributed by atoms with van der Waals surface area (Å²) >= 11 is 1.64. The van der Waals surface area contributed by atoms with Crippen LogP contribution in [0.25, 0.3) is 0 Å². The lowest BCUT2D eigenvalue weighted by Gasteiger charge is -2.20. The van der Waals surface area contributed by atoms with Gasteiger partial charge >= 0.3 is 0 Å². The van der Waals surface area contributed by atoms with Crippen molar-refractivity contribution in [2.24, 2.45) is 0 Å². The van der Waals surface area contributed by atoms with Crippen molar-refractivity contribution in [2.45, 2.75) is 31.7 Å². The fourth-order valence-electron chi connectivity index (χ4n) is 3.42. The summed E-state index contributed by atoms with van der Waals surface area (Å²) in [5, 5.41) is 5.51. The minimum absolute atomic E-state index is 0.196. The normalized spacial score (nSPS) is 20.2. The van der Waals surface area contributed by atoms with Crippen molar-refractivity contribution in [3.8, 4) is 0 Å². The van der Waals surface area contributed by atoms with Crippen LogP contribution in [0.3, 0.4) is 0 Å². The number of nitrogens with one attached hydrogen (secondary N) is 1. The van der Waals surface area contributed by atoms with Gasteiger partial charge in [-0.3, -0.25) is 4.79 Å². The standard InChI is InChI=1S/C18H22N4O2S/c23-17(10-14-2-1-9-25-14)22-6-3-15-16(4-7-22)19-12-20-18(15)21-13-5-8-24-11-13/h1-2,9,12-13H,3-8,10-11H2,(H,19,20,21). The average molecular weight is 358 g/mol. The van der Waals surface area contributed by atoms with Crippen LogP contribution in [-0.2, 0) is 28.8 Å². The van der Waals surface area contributed by atoms with Crippen molar-refractivity contribution in [3.63, 3.8) is 0 Å². The summed E-state index contributed by atoms with van der Waals surface area (Å²) in [6.45, 7) is 2.97. The summed E-state index contributed by atoms with van der Waals surface area (Å²) < 4.78 is 5.44. The SMILES string of the molecule is O=C(Cc1cccs1)N1CCc2ncnc(NC3CCOC3)c2CC1. The number of nitrogens with zero attached hydrogens (tertiary/aromatic N) is 3. The summed E-state index contributed by atoms with van der Waals surface area (Å²) in [6, 6.07) is 4.33. The molecule has 0 bridgehead atoms. The van der Waals surface area contributed by atoms with Gasteiger partial charge in [0, 0.05) is 36.6 Å². The molecule has 4 rings (SSSR count). The number of carbonyl (C=O) groups excluding carboxylic acids is 1. The van der Waals surface area contributed by atoms with Crippen LogP contribution in [0.1, 0.15) is 22.6 Å². The van der Waals surface area contributed by atoms with E-state index in [2.05, 4.69) is 15.3 Å². The zero-order valence-electron chi connectivity index (χ0n) is 14.1. The molecule has 7 heteroatoms. The van der Waals surface area contributed by atoms with Gasteiger partial charge in [-0.05, 0) is 24.3 Å². The van der Waals surface area contributed by atoms with Crippen molar-refractivity contribution in [2.75, 3.05) is 31.6 Å². The third-order valence-corrected chi connectivity index (χ3v) is 5.69. The predicted octanol–water partition coefficient (Wildman–Crippen LogP) is 1.91. The second kappa shape index (κ2) is 7.49. The third kappa shape index (κ3) is 3.82. The molecule has 1 N–H and O–H groups in total. The van der Waals surface area contributed by atoms with E-state index in [0.717, 1.165) is 67.5 Å². The van der Waals surface area contributed by atoms with Gasteiger partial charge in [0.25, 0.3) is 0 Å². The van der Waals surface area contributed by atoms with Crippen LogP contribution < -0.4 is 5.32 Å². The highest BCUT2D eigenvalue weighted by atomic mass is 32.1. The fraction of sp³-hybridized carbons (Fsp3) is 0.500. The number of fused-ring (bicyclic) bond motifs is 1. The van der Waals surface area contributed by atoms with Gasteiger partial charge in [0.15, 0.2) is 0 Å². The van der Waals surface area contributed by atoms with Crippen LogP contribution >= 0.6 is 11.3 Å². The lowest BCUT2D eigenvalue weighted by atomic mass is 10.1. The van der Waals surface area contributed by atoms with Gasteiger partial charge < -0.3 is 15.0 Å². The van der Waals surface area contributed by atoms with Gasteiger partial charge in [-0.15, -0.1) is 11.3 Å². The molecule has 1 fully saturated rings. The number of carbonyl (C=O) groups is 1. The number of hydrogen-bond acceptors (Lipinski definition) is 6. The molecule has 0 spiro atoms. The molecule has 2 aliphatic rings. The number of hydrogen-bond donors (Lipinski definition) is 1. The van der Waals surface area contributed by atoms with Crippen molar-refractivity contribution >= 4 is 23.1 Å². The quantitative estimate of drug-likeness (QED) is 0.904. The van der Waals surface area contributed by atoms with Crippen molar-refractivity contribution in [3.05, 3.63) is 40.0 Å². The van der Waals surface area contributed by atoms with Crippen LogP contribution in [0, 0.1) is 0 Å². The number of rotatable bonds is 4. The molecular weight excluding hydrogens is 336 g/mol. The second-order valence-electron chi connectivity index (χ2n) is 6.49. The Kier molecular flexibility index (Phi) is 4.94. The molecule has 132 valence electrons. The minimum Gasteiger partial charge on any atom is -0.379 e. The molecule has 0 aromatic carbocycles. The zero-order chi connectivity index (χ0) is 17.1. The fourth-order valence-corrected chi connectivity index (χ4v) is 4.11. The van der Waals surface area contributed by atoms with Crippen molar-refractivity contribution in [1.82, 2.24) is 14.9 Å². The van der Waals surface area contributed by atoms with E-state index in [9.17, 15) is 4.79 Å². The Morgan fingerprint density at radius 1 is 1.36 bits per heavy atom. The number of aromatic nitrogens is 2. The lowest BCUT2D eigenvalue weighted by molar-refractivity contribution is -0.130. The molecule has 25 heavy (non-hydrogen) atoms. The third-order valence-electron chi connectivity index (χ3n) is 4.81. The number of anilines is 1. The first-order chi connectivity index (χ1) is 12.3. The Labute approximate surface area is 151 Å². The topological polar surface area (TPSA) is 67.4 Å². The maximum absolute atomic E-state index is 12.6. The molecular formula is C18H22N4O2S. The first-order valence-corrected chi connectivity index (χ1v) is 9.65. The van der Waals surface area contributed by atoms with E-state index in [0.29, 0.717) is 12.5 Å². The molecule has 2 aliphatic heterocycles. The lowest BCUT2D eigenvalue weighted by Crippen LogP contribution is -2.34. The molecule has 2 aromatic rings. The maximum atomic E-state index is 12.6. The van der Waals surface area contributed by atoms with Crippen LogP contribution in [0.4, 0.5) is 5.82 Å². The zero-order valence-corrected chi connectivity index (χ0v) is 14.9. The monoisotopic (exact) mass is 358 g/mol. The number of thiophene rings is 1. The Morgan fingerprint density at radius 3 is 3.08 bits per heavy atom. The summed E-state index contributed by atoms with van der Waals surface area (Å²) in [5.74, 6) is 1.11. The minimum atomic E-state index is 0.196. The summed E-state index contributed by atoms with van der Waals surface area (Å²) in [4.78, 5) is 24.6. The number of amides is 1. The van der Waals surface area contributed by atoms with Gasteiger partial charge in [0.2, 0.25) is 5.91 Å². The average Bonchev–Trinajstić information content (AvgIpc) is 3.26. The Morgan fingerprint density at radius 2 is 2.28 bits per heavy atom. The molecule has 1 amide bonds. The summed E-state index contributed by atoms with van der Waals surface area (Å²) in [5.41, 5.74) is 2.21. The number of ether oxygens (including phenoxy) is 1. The molecule has 0 saturated carbocycles. The largest absolute Gasteiger partial charge is 0.379 e. The molecule has 0 aliphatic carbocycles.